The van der Waals surface area contributed by atoms with Crippen LogP contribution in [0.1, 0.15) is 64.4 Å². The summed E-state index contributed by atoms with van der Waals surface area (Å²) < 4.78 is 0. The van der Waals surface area contributed by atoms with Gasteiger partial charge in [0.2, 0.25) is 5.17 Å². The third-order valence-corrected chi connectivity index (χ3v) is 7.29. The Kier molecular flexibility index (Phi) is 6.90. The van der Waals surface area contributed by atoms with Crippen LogP contribution in [0.5, 0.6) is 0 Å². The highest BCUT2D eigenvalue weighted by Gasteiger charge is 2.35. The molecule has 1 aromatic carbocycles. The molecule has 0 bridgehead atoms. The number of nitrogens with zero attached hydrogens (tertiary/aromatic N) is 4. The monoisotopic (exact) mass is 437 g/mol. The van der Waals surface area contributed by atoms with Crippen LogP contribution in [0, 0.1) is 11.3 Å². The molecule has 164 valence electrons. The molecule has 1 fully saturated rings. The molecule has 0 atom stereocenters. The number of thioether (sulfide) groups is 1. The maximum atomic E-state index is 12.6. The molecule has 6 nitrogen and oxygen atoms in total. The molecule has 3 aliphatic rings. The van der Waals surface area contributed by atoms with Gasteiger partial charge in [0, 0.05) is 18.8 Å². The number of hydrogen-bond acceptors (Lipinski definition) is 5. The van der Waals surface area contributed by atoms with Gasteiger partial charge >= 0.3 is 0 Å². The van der Waals surface area contributed by atoms with E-state index in [2.05, 4.69) is 41.0 Å². The molecule has 1 aromatic rings. The minimum absolute atomic E-state index is 0.114. The molecule has 0 spiro atoms. The number of amidine groups is 2. The van der Waals surface area contributed by atoms with Gasteiger partial charge < -0.3 is 4.90 Å². The van der Waals surface area contributed by atoms with Crippen molar-refractivity contribution in [1.82, 2.24) is 5.01 Å². The zero-order valence-corrected chi connectivity index (χ0v) is 19.2. The summed E-state index contributed by atoms with van der Waals surface area (Å²) in [7, 11) is 0. The van der Waals surface area contributed by atoms with Gasteiger partial charge in [-0.1, -0.05) is 44.2 Å². The van der Waals surface area contributed by atoms with E-state index in [-0.39, 0.29) is 17.3 Å². The number of hydrogen-bond donors (Lipinski definition) is 1. The van der Waals surface area contributed by atoms with Crippen molar-refractivity contribution in [3.63, 3.8) is 0 Å². The summed E-state index contributed by atoms with van der Waals surface area (Å²) in [6.07, 6.45) is 10.5. The summed E-state index contributed by atoms with van der Waals surface area (Å²) in [5.74, 6) is 0.538. The number of benzene rings is 1. The van der Waals surface area contributed by atoms with Crippen LogP contribution in [0.15, 0.2) is 39.9 Å². The van der Waals surface area contributed by atoms with Gasteiger partial charge in [-0.3, -0.25) is 10.2 Å². The van der Waals surface area contributed by atoms with Crippen LogP contribution in [0.2, 0.25) is 0 Å². The van der Waals surface area contributed by atoms with Gasteiger partial charge in [-0.25, -0.2) is 0 Å². The standard InChI is InChI=1S/C24H31N5OS/c1-3-28(4-2)19-13-10-18(11-14-19)16-20-22(25)29-24(26-23(20)30)31-21(27-29)15-12-17-8-6-5-7-9-17/h10-11,13-14,16-17,25H,3-9,12,15H2,1-2H3. The largest absolute Gasteiger partial charge is 0.372 e. The second-order valence-electron chi connectivity index (χ2n) is 8.32. The zero-order valence-electron chi connectivity index (χ0n) is 18.4. The summed E-state index contributed by atoms with van der Waals surface area (Å²) in [4.78, 5) is 19.1. The first kappa shape index (κ1) is 21.8. The normalized spacial score (nSPS) is 20.7. The molecule has 0 aromatic heterocycles. The second kappa shape index (κ2) is 9.81. The van der Waals surface area contributed by atoms with Crippen molar-refractivity contribution in [2.45, 2.75) is 58.8 Å². The molecule has 0 radical (unpaired) electrons. The average Bonchev–Trinajstić information content (AvgIpc) is 3.21. The van der Waals surface area contributed by atoms with E-state index in [0.29, 0.717) is 5.17 Å². The lowest BCUT2D eigenvalue weighted by Gasteiger charge is -2.21. The minimum Gasteiger partial charge on any atom is -0.372 e. The van der Waals surface area contributed by atoms with E-state index >= 15 is 0 Å². The first-order valence-electron chi connectivity index (χ1n) is 11.4. The van der Waals surface area contributed by atoms with Crippen LogP contribution in [0.3, 0.4) is 0 Å². The van der Waals surface area contributed by atoms with Gasteiger partial charge in [-0.2, -0.15) is 15.1 Å². The predicted octanol–water partition coefficient (Wildman–Crippen LogP) is 5.51. The molecule has 1 N–H and O–H groups in total. The summed E-state index contributed by atoms with van der Waals surface area (Å²) in [5.41, 5.74) is 2.33. The fourth-order valence-corrected chi connectivity index (χ4v) is 5.37. The molecule has 1 aliphatic carbocycles. The molecule has 2 aliphatic heterocycles. The number of anilines is 1. The molecule has 31 heavy (non-hydrogen) atoms. The van der Waals surface area contributed by atoms with Gasteiger partial charge in [0.15, 0.2) is 5.84 Å². The third-order valence-electron chi connectivity index (χ3n) is 6.32. The second-order valence-corrected chi connectivity index (χ2v) is 9.36. The number of rotatable bonds is 7. The maximum Gasteiger partial charge on any atom is 0.283 e. The first-order valence-corrected chi connectivity index (χ1v) is 12.2. The smallest absolute Gasteiger partial charge is 0.283 e. The zero-order chi connectivity index (χ0) is 21.8. The lowest BCUT2D eigenvalue weighted by molar-refractivity contribution is -0.114. The lowest BCUT2D eigenvalue weighted by atomic mass is 9.86. The highest BCUT2D eigenvalue weighted by atomic mass is 32.2. The Morgan fingerprint density at radius 3 is 2.55 bits per heavy atom. The molecule has 1 saturated carbocycles. The van der Waals surface area contributed by atoms with Crippen LogP contribution in [-0.4, -0.2) is 40.1 Å². The van der Waals surface area contributed by atoms with E-state index < -0.39 is 0 Å². The van der Waals surface area contributed by atoms with Crippen molar-refractivity contribution >= 4 is 45.5 Å². The van der Waals surface area contributed by atoms with Crippen molar-refractivity contribution in [2.24, 2.45) is 16.0 Å². The quantitative estimate of drug-likeness (QED) is 0.571. The van der Waals surface area contributed by atoms with Crippen LogP contribution in [0.4, 0.5) is 5.69 Å². The Morgan fingerprint density at radius 2 is 1.87 bits per heavy atom. The number of carbonyl (C=O) groups excluding carboxylic acids is 1. The van der Waals surface area contributed by atoms with Crippen LogP contribution < -0.4 is 4.90 Å². The number of fused-ring (bicyclic) bond motifs is 1. The van der Waals surface area contributed by atoms with E-state index in [4.69, 9.17) is 5.41 Å². The van der Waals surface area contributed by atoms with Crippen molar-refractivity contribution in [1.29, 1.82) is 5.41 Å². The van der Waals surface area contributed by atoms with Gasteiger partial charge in [-0.15, -0.1) is 0 Å². The van der Waals surface area contributed by atoms with Crippen molar-refractivity contribution < 1.29 is 4.79 Å². The average molecular weight is 438 g/mol. The Labute approximate surface area is 189 Å². The van der Waals surface area contributed by atoms with E-state index in [0.717, 1.165) is 48.1 Å². The van der Waals surface area contributed by atoms with E-state index in [1.807, 2.05) is 12.1 Å². The number of aliphatic imine (C=N–C) groups is 1. The van der Waals surface area contributed by atoms with E-state index in [1.54, 1.807) is 6.08 Å². The fraction of sp³-hybridized carbons (Fsp3) is 0.500. The first-order chi connectivity index (χ1) is 15.1. The third kappa shape index (κ3) is 4.92. The molecule has 0 unspecified atom stereocenters. The number of carbonyl (C=O) groups is 1. The topological polar surface area (TPSA) is 72.1 Å². The van der Waals surface area contributed by atoms with Crippen molar-refractivity contribution in [3.05, 3.63) is 35.4 Å². The van der Waals surface area contributed by atoms with Crippen LogP contribution in [0.25, 0.3) is 6.08 Å². The highest BCUT2D eigenvalue weighted by molar-refractivity contribution is 8.26. The minimum atomic E-state index is -0.361. The summed E-state index contributed by atoms with van der Waals surface area (Å²) in [5, 5.41) is 16.2. The summed E-state index contributed by atoms with van der Waals surface area (Å²) in [6.45, 7) is 6.17. The molecular weight excluding hydrogens is 406 g/mol. The van der Waals surface area contributed by atoms with E-state index in [9.17, 15) is 4.79 Å². The SMILES string of the molecule is CCN(CC)c1ccc(C=C2C(=N)N3N=C(CCC4CCCCC4)SC3=NC2=O)cc1. The summed E-state index contributed by atoms with van der Waals surface area (Å²) >= 11 is 1.44. The molecule has 7 heteroatoms. The number of nitrogens with one attached hydrogen (secondary N) is 1. The Hall–Kier alpha value is -2.41. The number of amides is 1. The van der Waals surface area contributed by atoms with Crippen molar-refractivity contribution in [3.8, 4) is 0 Å². The molecular formula is C24H31N5OS. The van der Waals surface area contributed by atoms with Gasteiger partial charge in [0.05, 0.1) is 5.57 Å². The fourth-order valence-electron chi connectivity index (χ4n) is 4.47. The van der Waals surface area contributed by atoms with Crippen molar-refractivity contribution in [2.75, 3.05) is 18.0 Å². The Balaban J connectivity index is 1.46. The predicted molar refractivity (Wildman–Crippen MR) is 131 cm³/mol. The van der Waals surface area contributed by atoms with Crippen LogP contribution >= 0.6 is 11.8 Å². The van der Waals surface area contributed by atoms with Crippen LogP contribution in [-0.2, 0) is 4.79 Å². The van der Waals surface area contributed by atoms with Gasteiger partial charge in [0.25, 0.3) is 5.91 Å². The maximum absolute atomic E-state index is 12.6. The molecule has 4 rings (SSSR count). The lowest BCUT2D eigenvalue weighted by Crippen LogP contribution is -2.35. The van der Waals surface area contributed by atoms with Gasteiger partial charge in [0.1, 0.15) is 5.04 Å². The Bertz CT molecular complexity index is 924. The highest BCUT2D eigenvalue weighted by Crippen LogP contribution is 2.33. The number of hydrazone groups is 1. The molecule has 0 saturated heterocycles. The molecule has 1 amide bonds. The van der Waals surface area contributed by atoms with Gasteiger partial charge in [-0.05, 0) is 68.1 Å². The summed E-state index contributed by atoms with van der Waals surface area (Å²) in [6, 6.07) is 8.08. The molecule has 2 heterocycles. The Morgan fingerprint density at radius 1 is 1.16 bits per heavy atom. The van der Waals surface area contributed by atoms with E-state index in [1.165, 1.54) is 48.9 Å².